The fourth-order valence-corrected chi connectivity index (χ4v) is 3.94. The Balaban J connectivity index is 2.09. The van der Waals surface area contributed by atoms with Crippen molar-refractivity contribution in [2.24, 2.45) is 11.8 Å². The van der Waals surface area contributed by atoms with Gasteiger partial charge in [-0.25, -0.2) is 4.79 Å². The summed E-state index contributed by atoms with van der Waals surface area (Å²) in [6.07, 6.45) is 0. The van der Waals surface area contributed by atoms with Crippen LogP contribution >= 0.6 is 11.6 Å². The van der Waals surface area contributed by atoms with Crippen molar-refractivity contribution < 1.29 is 24.4 Å². The molecule has 6 nitrogen and oxygen atoms in total. The summed E-state index contributed by atoms with van der Waals surface area (Å²) in [5, 5.41) is 2.37. The minimum absolute atomic E-state index is 0.260. The van der Waals surface area contributed by atoms with E-state index in [2.05, 4.69) is 0 Å². The Labute approximate surface area is 138 Å². The average Bonchev–Trinajstić information content (AvgIpc) is 2.97. The third-order valence-corrected chi connectivity index (χ3v) is 5.26. The number of amides is 2. The van der Waals surface area contributed by atoms with Crippen molar-refractivity contribution in [2.45, 2.75) is 18.5 Å². The Hall–Kier alpha value is -1.92. The van der Waals surface area contributed by atoms with Gasteiger partial charge in [0, 0.05) is 24.6 Å². The number of ether oxygens (including phenoxy) is 1. The molecular weight excluding hydrogens is 320 g/mol. The number of carbonyl (C=O) groups is 3. The van der Waals surface area contributed by atoms with Gasteiger partial charge >= 0.3 is 5.97 Å². The van der Waals surface area contributed by atoms with Crippen LogP contribution in [-0.4, -0.2) is 42.4 Å². The second kappa shape index (κ2) is 5.32. The van der Waals surface area contributed by atoms with E-state index in [9.17, 15) is 14.4 Å². The third kappa shape index (κ3) is 2.16. The lowest BCUT2D eigenvalue weighted by Crippen LogP contribution is -2.97. The van der Waals surface area contributed by atoms with Crippen molar-refractivity contribution in [3.05, 3.63) is 34.9 Å². The molecule has 0 radical (unpaired) electrons. The van der Waals surface area contributed by atoms with Crippen LogP contribution in [0, 0.1) is 11.8 Å². The zero-order valence-corrected chi connectivity index (χ0v) is 13.8. The number of methoxy groups -OCH3 is 1. The number of benzene rings is 1. The predicted molar refractivity (Wildman–Crippen MR) is 81.3 cm³/mol. The molecule has 0 aromatic heterocycles. The molecule has 7 heteroatoms. The first-order chi connectivity index (χ1) is 10.8. The van der Waals surface area contributed by atoms with Gasteiger partial charge in [0.1, 0.15) is 17.9 Å². The summed E-state index contributed by atoms with van der Waals surface area (Å²) in [4.78, 5) is 38.5. The lowest BCUT2D eigenvalue weighted by Gasteiger charge is -2.24. The Morgan fingerprint density at radius 1 is 1.26 bits per heavy atom. The van der Waals surface area contributed by atoms with E-state index < -0.39 is 23.3 Å². The second-order valence-corrected chi connectivity index (χ2v) is 6.69. The summed E-state index contributed by atoms with van der Waals surface area (Å²) < 4.78 is 4.89. The molecule has 0 saturated carbocycles. The quantitative estimate of drug-likeness (QED) is 0.614. The number of imide groups is 1. The second-order valence-electron chi connectivity index (χ2n) is 6.26. The van der Waals surface area contributed by atoms with Crippen LogP contribution in [0.2, 0.25) is 5.02 Å². The Morgan fingerprint density at radius 3 is 2.43 bits per heavy atom. The van der Waals surface area contributed by atoms with E-state index in [1.807, 2.05) is 12.1 Å². The van der Waals surface area contributed by atoms with Gasteiger partial charge < -0.3 is 10.1 Å². The highest BCUT2D eigenvalue weighted by Crippen LogP contribution is 2.43. The van der Waals surface area contributed by atoms with Crippen LogP contribution in [0.3, 0.4) is 0 Å². The van der Waals surface area contributed by atoms with Gasteiger partial charge in [0.05, 0.1) is 7.11 Å². The molecule has 0 spiro atoms. The number of hydrogen-bond donors (Lipinski definition) is 1. The first kappa shape index (κ1) is 16.0. The van der Waals surface area contributed by atoms with Gasteiger partial charge in [0.15, 0.2) is 0 Å². The van der Waals surface area contributed by atoms with Gasteiger partial charge in [-0.15, -0.1) is 0 Å². The van der Waals surface area contributed by atoms with E-state index in [0.717, 1.165) is 10.5 Å². The molecule has 2 aliphatic rings. The molecule has 0 bridgehead atoms. The first-order valence-electron chi connectivity index (χ1n) is 7.32. The molecule has 2 aliphatic heterocycles. The first-order valence-corrected chi connectivity index (χ1v) is 7.70. The van der Waals surface area contributed by atoms with Gasteiger partial charge in [-0.05, 0) is 12.1 Å². The van der Waals surface area contributed by atoms with Gasteiger partial charge in [0.2, 0.25) is 17.4 Å². The Morgan fingerprint density at radius 2 is 1.87 bits per heavy atom. The van der Waals surface area contributed by atoms with Crippen LogP contribution in [0.15, 0.2) is 24.3 Å². The van der Waals surface area contributed by atoms with Crippen molar-refractivity contribution >= 4 is 29.4 Å². The molecule has 2 N–H and O–H groups in total. The monoisotopic (exact) mass is 337 g/mol. The summed E-state index contributed by atoms with van der Waals surface area (Å²) in [7, 11) is 2.75. The number of esters is 1. The topological polar surface area (TPSA) is 80.3 Å². The highest BCUT2D eigenvalue weighted by atomic mass is 35.5. The number of fused-ring (bicyclic) bond motifs is 1. The van der Waals surface area contributed by atoms with Crippen molar-refractivity contribution in [3.63, 3.8) is 0 Å². The molecule has 0 unspecified atom stereocenters. The minimum Gasteiger partial charge on any atom is -0.464 e. The lowest BCUT2D eigenvalue weighted by molar-refractivity contribution is -0.731. The normalized spacial score (nSPS) is 33.0. The number of nitrogens with zero attached hydrogens (tertiary/aromatic N) is 1. The summed E-state index contributed by atoms with van der Waals surface area (Å²) >= 11 is 5.92. The number of hydrogen-bond acceptors (Lipinski definition) is 4. The number of rotatable bonds is 2. The van der Waals surface area contributed by atoms with Crippen molar-refractivity contribution in [3.8, 4) is 0 Å². The smallest absolute Gasteiger partial charge is 0.368 e. The fourth-order valence-electron chi connectivity index (χ4n) is 3.81. The third-order valence-electron chi connectivity index (χ3n) is 5.01. The summed E-state index contributed by atoms with van der Waals surface area (Å²) in [6, 6.07) is 6.78. The van der Waals surface area contributed by atoms with E-state index in [4.69, 9.17) is 16.3 Å². The van der Waals surface area contributed by atoms with Crippen LogP contribution in [-0.2, 0) is 19.1 Å². The van der Waals surface area contributed by atoms with Gasteiger partial charge in [-0.2, -0.15) is 0 Å². The molecule has 4 atom stereocenters. The van der Waals surface area contributed by atoms with E-state index in [0.29, 0.717) is 5.02 Å². The lowest BCUT2D eigenvalue weighted by atomic mass is 9.80. The molecule has 1 aromatic rings. The number of carbonyl (C=O) groups excluding carboxylic acids is 3. The predicted octanol–water partition coefficient (Wildman–Crippen LogP) is 0.121. The Kier molecular flexibility index (Phi) is 3.69. The molecule has 2 heterocycles. The molecule has 2 amide bonds. The molecule has 122 valence electrons. The highest BCUT2D eigenvalue weighted by Gasteiger charge is 2.70. The van der Waals surface area contributed by atoms with Crippen LogP contribution in [0.1, 0.15) is 18.5 Å². The summed E-state index contributed by atoms with van der Waals surface area (Å²) in [5.41, 5.74) is -0.269. The van der Waals surface area contributed by atoms with Crippen molar-refractivity contribution in [1.82, 2.24) is 4.90 Å². The SMILES string of the molecule is COC(=O)[C@]1(C)[NH2+][C@@H](c2ccc(Cl)cc2)[C@H]2C(=O)N(C)C(=O)[C@@H]21. The van der Waals surface area contributed by atoms with Gasteiger partial charge in [-0.3, -0.25) is 14.5 Å². The number of quaternary nitrogens is 1. The molecule has 23 heavy (non-hydrogen) atoms. The average molecular weight is 338 g/mol. The van der Waals surface area contributed by atoms with Crippen molar-refractivity contribution in [2.75, 3.05) is 14.2 Å². The highest BCUT2D eigenvalue weighted by molar-refractivity contribution is 6.30. The summed E-state index contributed by atoms with van der Waals surface area (Å²) in [6.45, 7) is 1.66. The van der Waals surface area contributed by atoms with Crippen LogP contribution < -0.4 is 5.32 Å². The van der Waals surface area contributed by atoms with Crippen molar-refractivity contribution in [1.29, 1.82) is 0 Å². The number of nitrogens with two attached hydrogens (primary N) is 1. The largest absolute Gasteiger partial charge is 0.464 e. The van der Waals surface area contributed by atoms with E-state index >= 15 is 0 Å². The molecule has 2 fully saturated rings. The molecule has 3 rings (SSSR count). The fraction of sp³-hybridized carbons (Fsp3) is 0.438. The standard InChI is InChI=1S/C16H17ClN2O4/c1-16(15(22)23-3)11-10(13(20)19(2)14(11)21)12(18-16)8-4-6-9(17)7-5-8/h4-7,10-12,18H,1-3H3/p+1/t10-,11+,12-,16+/m0/s1. The minimum atomic E-state index is -1.12. The van der Waals surface area contributed by atoms with Gasteiger partial charge in [0.25, 0.3) is 0 Å². The van der Waals surface area contributed by atoms with Crippen LogP contribution in [0.5, 0.6) is 0 Å². The molecule has 2 saturated heterocycles. The maximum absolute atomic E-state index is 12.6. The van der Waals surface area contributed by atoms with Crippen LogP contribution in [0.4, 0.5) is 0 Å². The maximum Gasteiger partial charge on any atom is 0.368 e. The number of halogens is 1. The molecule has 1 aromatic carbocycles. The number of likely N-dealkylation sites (tertiary alicyclic amines) is 1. The zero-order valence-electron chi connectivity index (χ0n) is 13.1. The van der Waals surface area contributed by atoms with E-state index in [-0.39, 0.29) is 17.9 Å². The summed E-state index contributed by atoms with van der Waals surface area (Å²) in [5.74, 6) is -2.41. The van der Waals surface area contributed by atoms with E-state index in [1.165, 1.54) is 14.2 Å². The van der Waals surface area contributed by atoms with Crippen LogP contribution in [0.25, 0.3) is 0 Å². The molecule has 0 aliphatic carbocycles. The molecular formula is C16H18ClN2O4+. The van der Waals surface area contributed by atoms with Gasteiger partial charge in [-0.1, -0.05) is 23.7 Å². The maximum atomic E-state index is 12.6. The Bertz CT molecular complexity index is 690. The van der Waals surface area contributed by atoms with E-state index in [1.54, 1.807) is 24.4 Å². The zero-order chi connectivity index (χ0) is 16.9.